The molecule has 0 bridgehead atoms. The van der Waals surface area contributed by atoms with Crippen LogP contribution >= 0.6 is 12.2 Å². The number of nitrogens with zero attached hydrogens (tertiary/aromatic N) is 2. The number of anilines is 1. The van der Waals surface area contributed by atoms with Crippen molar-refractivity contribution in [2.45, 2.75) is 33.1 Å². The van der Waals surface area contributed by atoms with Crippen molar-refractivity contribution in [3.05, 3.63) is 23.9 Å². The van der Waals surface area contributed by atoms with Gasteiger partial charge in [0.05, 0.1) is 4.99 Å². The smallest absolute Gasteiger partial charge is 0.128 e. The second-order valence-electron chi connectivity index (χ2n) is 5.84. The van der Waals surface area contributed by atoms with E-state index >= 15 is 0 Å². The highest BCUT2D eigenvalue weighted by atomic mass is 32.1. The monoisotopic (exact) mass is 265 g/mol. The number of hydrogen-bond acceptors (Lipinski definition) is 3. The molecule has 1 aromatic rings. The first-order chi connectivity index (χ1) is 8.21. The molecule has 0 fully saturated rings. The van der Waals surface area contributed by atoms with Crippen LogP contribution < -0.4 is 10.6 Å². The Bertz CT molecular complexity index is 406. The zero-order valence-electron chi connectivity index (χ0n) is 11.9. The number of pyridine rings is 1. The van der Waals surface area contributed by atoms with Gasteiger partial charge in [-0.15, -0.1) is 0 Å². The molecule has 1 atom stereocenters. The van der Waals surface area contributed by atoms with E-state index in [4.69, 9.17) is 18.0 Å². The average Bonchev–Trinajstić information content (AvgIpc) is 2.27. The van der Waals surface area contributed by atoms with Crippen LogP contribution in [0.2, 0.25) is 0 Å². The second-order valence-corrected chi connectivity index (χ2v) is 6.31. The molecule has 1 rings (SSSR count). The number of thiocarbonyl (C=S) groups is 1. The molecule has 18 heavy (non-hydrogen) atoms. The minimum Gasteiger partial charge on any atom is -0.393 e. The average molecular weight is 265 g/mol. The Morgan fingerprint density at radius 2 is 2.06 bits per heavy atom. The third-order valence-electron chi connectivity index (χ3n) is 3.04. The summed E-state index contributed by atoms with van der Waals surface area (Å²) in [6.07, 6.45) is 1.94. The fourth-order valence-corrected chi connectivity index (χ4v) is 1.72. The van der Waals surface area contributed by atoms with Crippen LogP contribution in [-0.4, -0.2) is 23.6 Å². The molecule has 3 nitrogen and oxygen atoms in total. The quantitative estimate of drug-likeness (QED) is 0.850. The van der Waals surface area contributed by atoms with Crippen LogP contribution in [0.15, 0.2) is 18.3 Å². The van der Waals surface area contributed by atoms with Gasteiger partial charge >= 0.3 is 0 Å². The van der Waals surface area contributed by atoms with E-state index in [9.17, 15) is 0 Å². The van der Waals surface area contributed by atoms with Crippen molar-refractivity contribution in [1.82, 2.24) is 4.98 Å². The van der Waals surface area contributed by atoms with E-state index in [0.29, 0.717) is 4.99 Å². The molecule has 0 saturated heterocycles. The third kappa shape index (κ3) is 3.95. The Balaban J connectivity index is 2.76. The van der Waals surface area contributed by atoms with Crippen LogP contribution in [0.5, 0.6) is 0 Å². The molecule has 0 saturated carbocycles. The van der Waals surface area contributed by atoms with Gasteiger partial charge in [0.2, 0.25) is 0 Å². The van der Waals surface area contributed by atoms with E-state index in [0.717, 1.165) is 12.4 Å². The molecule has 1 aromatic heterocycles. The Labute approximate surface area is 115 Å². The van der Waals surface area contributed by atoms with Crippen LogP contribution in [0.25, 0.3) is 0 Å². The van der Waals surface area contributed by atoms with Crippen molar-refractivity contribution >= 4 is 23.0 Å². The number of hydrogen-bond donors (Lipinski definition) is 1. The zero-order valence-corrected chi connectivity index (χ0v) is 12.7. The number of nitrogens with two attached hydrogens (primary N) is 1. The summed E-state index contributed by atoms with van der Waals surface area (Å²) < 4.78 is 0. The molecule has 0 aromatic carbocycles. The van der Waals surface area contributed by atoms with Gasteiger partial charge in [-0.25, -0.2) is 4.98 Å². The van der Waals surface area contributed by atoms with Crippen molar-refractivity contribution in [3.63, 3.8) is 0 Å². The summed E-state index contributed by atoms with van der Waals surface area (Å²) in [6, 6.07) is 4.18. The summed E-state index contributed by atoms with van der Waals surface area (Å²) in [4.78, 5) is 7.13. The van der Waals surface area contributed by atoms with E-state index in [1.165, 1.54) is 5.56 Å². The summed E-state index contributed by atoms with van der Waals surface area (Å²) in [6.45, 7) is 9.37. The summed E-state index contributed by atoms with van der Waals surface area (Å²) in [5, 5.41) is 0. The van der Waals surface area contributed by atoms with Crippen LogP contribution in [0.1, 0.15) is 33.3 Å². The Morgan fingerprint density at radius 1 is 1.44 bits per heavy atom. The topological polar surface area (TPSA) is 42.2 Å². The highest BCUT2D eigenvalue weighted by Gasteiger charge is 2.15. The van der Waals surface area contributed by atoms with Crippen molar-refractivity contribution in [2.24, 2.45) is 11.7 Å². The molecular formula is C14H23N3S. The summed E-state index contributed by atoms with van der Waals surface area (Å²) in [5.74, 6) is 1.14. The maximum atomic E-state index is 5.63. The van der Waals surface area contributed by atoms with Crippen LogP contribution in [0, 0.1) is 5.92 Å². The summed E-state index contributed by atoms with van der Waals surface area (Å²) >= 11 is 4.99. The van der Waals surface area contributed by atoms with E-state index < -0.39 is 0 Å². The minimum atomic E-state index is 0.135. The van der Waals surface area contributed by atoms with E-state index in [1.807, 2.05) is 26.2 Å². The van der Waals surface area contributed by atoms with E-state index in [1.54, 1.807) is 0 Å². The van der Waals surface area contributed by atoms with Gasteiger partial charge in [0.25, 0.3) is 0 Å². The van der Waals surface area contributed by atoms with Gasteiger partial charge in [0.15, 0.2) is 0 Å². The molecule has 4 heteroatoms. The van der Waals surface area contributed by atoms with Crippen molar-refractivity contribution in [2.75, 3.05) is 18.5 Å². The lowest BCUT2D eigenvalue weighted by Gasteiger charge is -2.23. The van der Waals surface area contributed by atoms with Crippen LogP contribution in [0.4, 0.5) is 5.82 Å². The number of aromatic nitrogens is 1. The van der Waals surface area contributed by atoms with E-state index in [-0.39, 0.29) is 11.3 Å². The lowest BCUT2D eigenvalue weighted by atomic mass is 9.88. The Morgan fingerprint density at radius 3 is 2.44 bits per heavy atom. The molecule has 2 N–H and O–H groups in total. The highest BCUT2D eigenvalue weighted by molar-refractivity contribution is 7.80. The lowest BCUT2D eigenvalue weighted by molar-refractivity contribution is 0.587. The Hall–Kier alpha value is -1.16. The molecule has 0 aliphatic carbocycles. The van der Waals surface area contributed by atoms with Gasteiger partial charge in [0, 0.05) is 25.7 Å². The third-order valence-corrected chi connectivity index (χ3v) is 3.44. The standard InChI is InChI=1S/C14H23N3S/c1-10(13(15)18)9-17(5)12-7-6-11(8-16-12)14(2,3)4/h6-8,10H,9H2,1-5H3,(H2,15,18). The summed E-state index contributed by atoms with van der Waals surface area (Å²) in [7, 11) is 2.01. The van der Waals surface area contributed by atoms with Gasteiger partial charge < -0.3 is 10.6 Å². The SMILES string of the molecule is CC(CN(C)c1ccc(C(C)(C)C)cn1)C(N)=S. The van der Waals surface area contributed by atoms with Crippen LogP contribution in [0.3, 0.4) is 0 Å². The first-order valence-electron chi connectivity index (χ1n) is 6.19. The summed E-state index contributed by atoms with van der Waals surface area (Å²) in [5.41, 5.74) is 7.00. The normalized spacial score (nSPS) is 13.2. The molecule has 0 spiro atoms. The first kappa shape index (κ1) is 14.9. The minimum absolute atomic E-state index is 0.135. The van der Waals surface area contributed by atoms with Crippen molar-refractivity contribution < 1.29 is 0 Å². The molecule has 0 amide bonds. The number of rotatable bonds is 4. The van der Waals surface area contributed by atoms with Gasteiger partial charge in [-0.05, 0) is 17.0 Å². The van der Waals surface area contributed by atoms with Crippen LogP contribution in [-0.2, 0) is 5.41 Å². The molecule has 0 aliphatic heterocycles. The largest absolute Gasteiger partial charge is 0.393 e. The predicted molar refractivity (Wildman–Crippen MR) is 82.2 cm³/mol. The Kier molecular flexibility index (Phi) is 4.68. The van der Waals surface area contributed by atoms with E-state index in [2.05, 4.69) is 36.7 Å². The zero-order chi connectivity index (χ0) is 13.9. The molecular weight excluding hydrogens is 242 g/mol. The maximum Gasteiger partial charge on any atom is 0.128 e. The van der Waals surface area contributed by atoms with Gasteiger partial charge in [-0.1, -0.05) is 46.0 Å². The fourth-order valence-electron chi connectivity index (χ4n) is 1.65. The van der Waals surface area contributed by atoms with Crippen molar-refractivity contribution in [1.29, 1.82) is 0 Å². The van der Waals surface area contributed by atoms with Gasteiger partial charge in [-0.2, -0.15) is 0 Å². The molecule has 100 valence electrons. The lowest BCUT2D eigenvalue weighted by Crippen LogP contribution is -2.31. The molecule has 0 radical (unpaired) electrons. The predicted octanol–water partition coefficient (Wildman–Crippen LogP) is 2.74. The molecule has 1 heterocycles. The first-order valence-corrected chi connectivity index (χ1v) is 6.59. The maximum absolute atomic E-state index is 5.63. The van der Waals surface area contributed by atoms with Gasteiger partial charge in [0.1, 0.15) is 5.82 Å². The molecule has 0 aliphatic rings. The second kappa shape index (κ2) is 5.65. The van der Waals surface area contributed by atoms with Crippen molar-refractivity contribution in [3.8, 4) is 0 Å². The molecule has 1 unspecified atom stereocenters. The fraction of sp³-hybridized carbons (Fsp3) is 0.571. The van der Waals surface area contributed by atoms with Gasteiger partial charge in [-0.3, -0.25) is 0 Å². The highest BCUT2D eigenvalue weighted by Crippen LogP contribution is 2.22.